The second-order valence-corrected chi connectivity index (χ2v) is 5.05. The number of methoxy groups -OCH3 is 1. The van der Waals surface area contributed by atoms with Gasteiger partial charge in [-0.1, -0.05) is 5.16 Å². The summed E-state index contributed by atoms with van der Waals surface area (Å²) in [6.45, 7) is 1.95. The Balaban J connectivity index is 1.87. The maximum Gasteiger partial charge on any atom is 0.407 e. The number of ether oxygens (including phenoxy) is 1. The monoisotopic (exact) mass is 281 g/mol. The van der Waals surface area contributed by atoms with E-state index < -0.39 is 12.1 Å². The Kier molecular flexibility index (Phi) is 4.26. The molecule has 1 aromatic rings. The van der Waals surface area contributed by atoms with Gasteiger partial charge in [-0.05, 0) is 19.8 Å². The summed E-state index contributed by atoms with van der Waals surface area (Å²) in [6, 6.07) is 1.24. The van der Waals surface area contributed by atoms with Crippen LogP contribution in [0.5, 0.6) is 0 Å². The van der Waals surface area contributed by atoms with Crippen LogP contribution in [0.25, 0.3) is 0 Å². The molecule has 1 aromatic heterocycles. The highest BCUT2D eigenvalue weighted by Gasteiger charge is 2.28. The Bertz CT molecular complexity index is 496. The summed E-state index contributed by atoms with van der Waals surface area (Å²) in [6.07, 6.45) is 1.66. The van der Waals surface area contributed by atoms with Crippen molar-refractivity contribution in [2.45, 2.75) is 38.3 Å². The summed E-state index contributed by atoms with van der Waals surface area (Å²) in [5.41, 5.74) is 0.716. The van der Waals surface area contributed by atoms with E-state index in [0.29, 0.717) is 18.2 Å². The second-order valence-electron chi connectivity index (χ2n) is 5.05. The third kappa shape index (κ3) is 3.49. The van der Waals surface area contributed by atoms with Crippen LogP contribution in [0.1, 0.15) is 37.1 Å². The summed E-state index contributed by atoms with van der Waals surface area (Å²) in [5.74, 6) is 1.17. The van der Waals surface area contributed by atoms with Gasteiger partial charge in [0.15, 0.2) is 0 Å². The van der Waals surface area contributed by atoms with Crippen molar-refractivity contribution in [2.24, 2.45) is 0 Å². The Morgan fingerprint density at radius 3 is 2.90 bits per heavy atom. The van der Waals surface area contributed by atoms with Gasteiger partial charge < -0.3 is 19.5 Å². The number of likely N-dealkylation sites (N-methyl/N-ethyl adjacent to an activating group) is 1. The smallest absolute Gasteiger partial charge is 0.407 e. The number of rotatable bonds is 5. The molecular formula is C13H19N3O4. The zero-order valence-electron chi connectivity index (χ0n) is 11.9. The van der Waals surface area contributed by atoms with E-state index in [4.69, 9.17) is 4.52 Å². The highest BCUT2D eigenvalue weighted by Crippen LogP contribution is 2.40. The lowest BCUT2D eigenvalue weighted by Gasteiger charge is -2.20. The highest BCUT2D eigenvalue weighted by atomic mass is 16.5. The average Bonchev–Trinajstić information content (AvgIpc) is 3.18. The zero-order chi connectivity index (χ0) is 14.7. The number of hydrogen-bond acceptors (Lipinski definition) is 5. The lowest BCUT2D eigenvalue weighted by Crippen LogP contribution is -2.45. The van der Waals surface area contributed by atoms with Crippen molar-refractivity contribution in [1.29, 1.82) is 0 Å². The van der Waals surface area contributed by atoms with Crippen molar-refractivity contribution in [3.63, 3.8) is 0 Å². The quantitative estimate of drug-likeness (QED) is 0.878. The third-order valence-electron chi connectivity index (χ3n) is 3.22. The van der Waals surface area contributed by atoms with Gasteiger partial charge in [-0.2, -0.15) is 0 Å². The first-order valence-corrected chi connectivity index (χ1v) is 6.56. The Labute approximate surface area is 117 Å². The van der Waals surface area contributed by atoms with Crippen LogP contribution < -0.4 is 5.32 Å². The molecule has 0 spiro atoms. The Morgan fingerprint density at radius 1 is 1.60 bits per heavy atom. The van der Waals surface area contributed by atoms with Crippen molar-refractivity contribution in [3.8, 4) is 0 Å². The van der Waals surface area contributed by atoms with Gasteiger partial charge in [0.25, 0.3) is 0 Å². The molecule has 7 heteroatoms. The van der Waals surface area contributed by atoms with Gasteiger partial charge in [0.1, 0.15) is 17.5 Å². The van der Waals surface area contributed by atoms with Crippen molar-refractivity contribution in [3.05, 3.63) is 17.5 Å². The van der Waals surface area contributed by atoms with E-state index in [1.165, 1.54) is 12.0 Å². The van der Waals surface area contributed by atoms with E-state index in [9.17, 15) is 9.59 Å². The van der Waals surface area contributed by atoms with Gasteiger partial charge in [-0.15, -0.1) is 0 Å². The fourth-order valence-corrected chi connectivity index (χ4v) is 1.91. The van der Waals surface area contributed by atoms with Crippen molar-refractivity contribution >= 4 is 12.0 Å². The summed E-state index contributed by atoms with van der Waals surface area (Å²) < 4.78 is 9.69. The first-order chi connectivity index (χ1) is 9.51. The normalized spacial score (nSPS) is 15.6. The summed E-state index contributed by atoms with van der Waals surface area (Å²) in [7, 11) is 2.91. The number of carbonyl (C=O) groups excluding carboxylic acids is 2. The molecular weight excluding hydrogens is 262 g/mol. The van der Waals surface area contributed by atoms with E-state index in [2.05, 4.69) is 15.2 Å². The third-order valence-corrected chi connectivity index (χ3v) is 3.22. The lowest BCUT2D eigenvalue weighted by molar-refractivity contribution is -0.132. The highest BCUT2D eigenvalue weighted by molar-refractivity contribution is 5.85. The van der Waals surface area contributed by atoms with E-state index >= 15 is 0 Å². The SMILES string of the molecule is COC(=O)N[C@H](C)C(=O)N(C)Cc1cc(C2CC2)on1. The number of amides is 2. The molecule has 110 valence electrons. The molecule has 1 aliphatic rings. The fourth-order valence-electron chi connectivity index (χ4n) is 1.91. The zero-order valence-corrected chi connectivity index (χ0v) is 11.9. The maximum absolute atomic E-state index is 12.0. The van der Waals surface area contributed by atoms with Gasteiger partial charge in [0, 0.05) is 19.0 Å². The molecule has 0 radical (unpaired) electrons. The molecule has 0 aliphatic heterocycles. The number of nitrogens with zero attached hydrogens (tertiary/aromatic N) is 2. The maximum atomic E-state index is 12.0. The molecule has 2 amide bonds. The van der Waals surface area contributed by atoms with E-state index in [1.54, 1.807) is 14.0 Å². The summed E-state index contributed by atoms with van der Waals surface area (Å²) in [5, 5.41) is 6.39. The molecule has 1 fully saturated rings. The van der Waals surface area contributed by atoms with E-state index in [1.807, 2.05) is 6.07 Å². The molecule has 1 heterocycles. The van der Waals surface area contributed by atoms with Crippen LogP contribution in [0.3, 0.4) is 0 Å². The minimum atomic E-state index is -0.651. The van der Waals surface area contributed by atoms with Crippen LogP contribution in [-0.2, 0) is 16.1 Å². The number of aromatic nitrogens is 1. The van der Waals surface area contributed by atoms with E-state index in [-0.39, 0.29) is 5.91 Å². The average molecular weight is 281 g/mol. The van der Waals surface area contributed by atoms with Crippen molar-refractivity contribution < 1.29 is 18.8 Å². The lowest BCUT2D eigenvalue weighted by atomic mass is 10.2. The van der Waals surface area contributed by atoms with Crippen LogP contribution >= 0.6 is 0 Å². The topological polar surface area (TPSA) is 84.7 Å². The molecule has 1 atom stereocenters. The van der Waals surface area contributed by atoms with Gasteiger partial charge in [-0.25, -0.2) is 4.79 Å². The molecule has 7 nitrogen and oxygen atoms in total. The molecule has 0 saturated heterocycles. The predicted octanol–water partition coefficient (Wildman–Crippen LogP) is 1.25. The molecule has 2 rings (SSSR count). The summed E-state index contributed by atoms with van der Waals surface area (Å²) >= 11 is 0. The van der Waals surface area contributed by atoms with Crippen LogP contribution in [0.15, 0.2) is 10.6 Å². The van der Waals surface area contributed by atoms with Crippen molar-refractivity contribution in [1.82, 2.24) is 15.4 Å². The molecule has 20 heavy (non-hydrogen) atoms. The minimum absolute atomic E-state index is 0.216. The largest absolute Gasteiger partial charge is 0.453 e. The van der Waals surface area contributed by atoms with Crippen LogP contribution in [0.2, 0.25) is 0 Å². The second kappa shape index (κ2) is 5.94. The van der Waals surface area contributed by atoms with Crippen LogP contribution in [0, 0.1) is 0 Å². The van der Waals surface area contributed by atoms with Crippen LogP contribution in [-0.4, -0.2) is 42.3 Å². The minimum Gasteiger partial charge on any atom is -0.453 e. The standard InChI is InChI=1S/C13H19N3O4/c1-8(14-13(18)19-3)12(17)16(2)7-10-6-11(20-15-10)9-4-5-9/h6,8-9H,4-5,7H2,1-3H3,(H,14,18)/t8-/m1/s1. The number of carbonyl (C=O) groups is 2. The van der Waals surface area contributed by atoms with Crippen molar-refractivity contribution in [2.75, 3.05) is 14.2 Å². The number of hydrogen-bond donors (Lipinski definition) is 1. The Hall–Kier alpha value is -2.05. The molecule has 0 unspecified atom stereocenters. The fraction of sp³-hybridized carbons (Fsp3) is 0.615. The molecule has 1 N–H and O–H groups in total. The molecule has 0 aromatic carbocycles. The number of nitrogens with one attached hydrogen (secondary N) is 1. The molecule has 1 aliphatic carbocycles. The predicted molar refractivity (Wildman–Crippen MR) is 70.0 cm³/mol. The molecule has 1 saturated carbocycles. The van der Waals surface area contributed by atoms with Gasteiger partial charge in [-0.3, -0.25) is 4.79 Å². The van der Waals surface area contributed by atoms with E-state index in [0.717, 1.165) is 18.6 Å². The van der Waals surface area contributed by atoms with Gasteiger partial charge in [0.05, 0.1) is 13.7 Å². The Morgan fingerprint density at radius 2 is 2.30 bits per heavy atom. The summed E-state index contributed by atoms with van der Waals surface area (Å²) in [4.78, 5) is 24.6. The first-order valence-electron chi connectivity index (χ1n) is 6.56. The van der Waals surface area contributed by atoms with Gasteiger partial charge in [0.2, 0.25) is 5.91 Å². The van der Waals surface area contributed by atoms with Crippen LogP contribution in [0.4, 0.5) is 4.79 Å². The van der Waals surface area contributed by atoms with Gasteiger partial charge >= 0.3 is 6.09 Å². The number of alkyl carbamates (subject to hydrolysis) is 1. The first kappa shape index (κ1) is 14.4. The molecule has 0 bridgehead atoms.